The van der Waals surface area contributed by atoms with Crippen LogP contribution in [0.4, 0.5) is 0 Å². The summed E-state index contributed by atoms with van der Waals surface area (Å²) in [6, 6.07) is 5.95. The molecular weight excluding hydrogens is 140 g/mol. The molecule has 0 atom stereocenters. The molecular formula is C9H7O2. The van der Waals surface area contributed by atoms with Gasteiger partial charge in [-0.15, -0.1) is 0 Å². The van der Waals surface area contributed by atoms with Crippen LogP contribution in [0.15, 0.2) is 30.8 Å². The zero-order chi connectivity index (χ0) is 8.27. The summed E-state index contributed by atoms with van der Waals surface area (Å²) in [5.41, 5.74) is 0.484. The van der Waals surface area contributed by atoms with Crippen molar-refractivity contribution in [2.24, 2.45) is 0 Å². The van der Waals surface area contributed by atoms with E-state index < -0.39 is 0 Å². The number of allylic oxidation sites excluding steroid dienone is 1. The van der Waals surface area contributed by atoms with E-state index in [1.807, 2.05) is 0 Å². The number of aromatic hydroxyl groups is 1. The molecule has 1 rings (SSSR count). The second-order valence-corrected chi connectivity index (χ2v) is 2.05. The van der Waals surface area contributed by atoms with Gasteiger partial charge in [0.15, 0.2) is 5.78 Å². The third-order valence-corrected chi connectivity index (χ3v) is 1.29. The highest BCUT2D eigenvalue weighted by atomic mass is 16.3. The molecule has 0 saturated heterocycles. The molecule has 2 heteroatoms. The number of hydrogen-bond acceptors (Lipinski definition) is 2. The lowest BCUT2D eigenvalue weighted by Gasteiger charge is -1.93. The Morgan fingerprint density at radius 3 is 2.36 bits per heavy atom. The zero-order valence-electron chi connectivity index (χ0n) is 5.87. The summed E-state index contributed by atoms with van der Waals surface area (Å²) in [5, 5.41) is 8.86. The Hall–Kier alpha value is -1.57. The lowest BCUT2D eigenvalue weighted by Crippen LogP contribution is -1.92. The fourth-order valence-electron chi connectivity index (χ4n) is 0.715. The summed E-state index contributed by atoms with van der Waals surface area (Å²) in [7, 11) is 0. The van der Waals surface area contributed by atoms with E-state index >= 15 is 0 Å². The van der Waals surface area contributed by atoms with Crippen LogP contribution in [0.1, 0.15) is 10.4 Å². The van der Waals surface area contributed by atoms with Crippen LogP contribution in [-0.4, -0.2) is 10.9 Å². The highest BCUT2D eigenvalue weighted by molar-refractivity contribution is 6.01. The smallest absolute Gasteiger partial charge is 0.193 e. The molecule has 55 valence electrons. The number of Topliss-reactive ketones (excluding diaryl/α,β-unsaturated/α-hetero) is 1. The van der Waals surface area contributed by atoms with Crippen LogP contribution in [-0.2, 0) is 0 Å². The number of rotatable bonds is 2. The number of phenols is 1. The molecule has 0 aliphatic rings. The molecule has 0 heterocycles. The number of carbonyl (C=O) groups is 1. The van der Waals surface area contributed by atoms with Crippen LogP contribution in [0.3, 0.4) is 0 Å². The van der Waals surface area contributed by atoms with E-state index in [0.29, 0.717) is 5.56 Å². The lowest BCUT2D eigenvalue weighted by atomic mass is 10.1. The number of phenolic OH excluding ortho intramolecular Hbond substituents is 1. The standard InChI is InChI=1S/C9H7O2/c1-2-9(11)7-3-5-8(10)6-4-7/h3-6,10H,1H2. The normalized spacial score (nSPS) is 9.09. The van der Waals surface area contributed by atoms with Crippen molar-refractivity contribution >= 4 is 5.78 Å². The van der Waals surface area contributed by atoms with E-state index in [2.05, 4.69) is 12.7 Å². The molecule has 11 heavy (non-hydrogen) atoms. The van der Waals surface area contributed by atoms with Gasteiger partial charge >= 0.3 is 0 Å². The first-order chi connectivity index (χ1) is 5.24. The summed E-state index contributed by atoms with van der Waals surface area (Å²) in [6.45, 7) is 3.22. The summed E-state index contributed by atoms with van der Waals surface area (Å²) in [5.74, 6) is -0.115. The van der Waals surface area contributed by atoms with Gasteiger partial charge in [-0.1, -0.05) is 6.58 Å². The van der Waals surface area contributed by atoms with Gasteiger partial charge in [-0.25, -0.2) is 0 Å². The maximum Gasteiger partial charge on any atom is 0.193 e. The lowest BCUT2D eigenvalue weighted by molar-refractivity contribution is 0.104. The van der Waals surface area contributed by atoms with Crippen LogP contribution in [0.5, 0.6) is 5.75 Å². The van der Waals surface area contributed by atoms with Crippen LogP contribution >= 0.6 is 0 Å². The minimum absolute atomic E-state index is 0.144. The van der Waals surface area contributed by atoms with Crippen molar-refractivity contribution in [3.8, 4) is 5.75 Å². The molecule has 0 amide bonds. The SMILES string of the molecule is C=[C]C(=O)c1ccc(O)cc1. The minimum atomic E-state index is -0.259. The Morgan fingerprint density at radius 2 is 1.91 bits per heavy atom. The number of benzene rings is 1. The van der Waals surface area contributed by atoms with E-state index in [-0.39, 0.29) is 11.5 Å². The topological polar surface area (TPSA) is 37.3 Å². The molecule has 1 N–H and O–H groups in total. The predicted molar refractivity (Wildman–Crippen MR) is 41.3 cm³/mol. The molecule has 0 aromatic heterocycles. The van der Waals surface area contributed by atoms with Gasteiger partial charge in [-0.2, -0.15) is 0 Å². The number of hydrogen-bond donors (Lipinski definition) is 1. The highest BCUT2D eigenvalue weighted by Crippen LogP contribution is 2.09. The van der Waals surface area contributed by atoms with Gasteiger partial charge in [-0.05, 0) is 24.3 Å². The largest absolute Gasteiger partial charge is 0.508 e. The number of ketones is 1. The van der Waals surface area contributed by atoms with E-state index in [4.69, 9.17) is 5.11 Å². The third-order valence-electron chi connectivity index (χ3n) is 1.29. The Balaban J connectivity index is 2.98. The van der Waals surface area contributed by atoms with Crippen LogP contribution in [0.2, 0.25) is 0 Å². The second-order valence-electron chi connectivity index (χ2n) is 2.05. The summed E-state index contributed by atoms with van der Waals surface area (Å²) >= 11 is 0. The molecule has 0 bridgehead atoms. The van der Waals surface area contributed by atoms with Crippen molar-refractivity contribution in [1.29, 1.82) is 0 Å². The van der Waals surface area contributed by atoms with Gasteiger partial charge in [0.1, 0.15) is 5.75 Å². The average Bonchev–Trinajstić information content (AvgIpc) is 2.05. The molecule has 0 fully saturated rings. The Morgan fingerprint density at radius 1 is 1.36 bits per heavy atom. The monoisotopic (exact) mass is 147 g/mol. The van der Waals surface area contributed by atoms with E-state index in [1.165, 1.54) is 24.3 Å². The maximum absolute atomic E-state index is 10.9. The average molecular weight is 147 g/mol. The third kappa shape index (κ3) is 1.67. The summed E-state index contributed by atoms with van der Waals surface area (Å²) < 4.78 is 0. The highest BCUT2D eigenvalue weighted by Gasteiger charge is 1.99. The molecule has 1 aromatic carbocycles. The van der Waals surface area contributed by atoms with Gasteiger partial charge in [0, 0.05) is 11.6 Å². The minimum Gasteiger partial charge on any atom is -0.508 e. The summed E-state index contributed by atoms with van der Waals surface area (Å²) in [4.78, 5) is 10.9. The molecule has 0 unspecified atom stereocenters. The van der Waals surface area contributed by atoms with Crippen molar-refractivity contribution in [3.63, 3.8) is 0 Å². The van der Waals surface area contributed by atoms with Gasteiger partial charge in [0.05, 0.1) is 0 Å². The molecule has 0 spiro atoms. The van der Waals surface area contributed by atoms with E-state index in [0.717, 1.165) is 0 Å². The first-order valence-corrected chi connectivity index (χ1v) is 3.10. The Labute approximate surface area is 64.8 Å². The molecule has 1 aromatic rings. The Bertz CT molecular complexity index is 272. The second kappa shape index (κ2) is 3.01. The fourth-order valence-corrected chi connectivity index (χ4v) is 0.715. The van der Waals surface area contributed by atoms with Crippen LogP contribution < -0.4 is 0 Å². The molecule has 0 saturated carbocycles. The predicted octanol–water partition coefficient (Wildman–Crippen LogP) is 1.56. The van der Waals surface area contributed by atoms with E-state index in [9.17, 15) is 4.79 Å². The van der Waals surface area contributed by atoms with Crippen molar-refractivity contribution in [2.45, 2.75) is 0 Å². The quantitative estimate of drug-likeness (QED) is 0.509. The maximum atomic E-state index is 10.9. The van der Waals surface area contributed by atoms with Crippen molar-refractivity contribution in [3.05, 3.63) is 42.5 Å². The fraction of sp³-hybridized carbons (Fsp3) is 0. The first kappa shape index (κ1) is 7.54. The van der Waals surface area contributed by atoms with Crippen molar-refractivity contribution < 1.29 is 9.90 Å². The van der Waals surface area contributed by atoms with Crippen LogP contribution in [0.25, 0.3) is 0 Å². The molecule has 1 radical (unpaired) electrons. The van der Waals surface area contributed by atoms with Gasteiger partial charge in [-0.3, -0.25) is 4.79 Å². The van der Waals surface area contributed by atoms with Gasteiger partial charge in [0.2, 0.25) is 0 Å². The van der Waals surface area contributed by atoms with Crippen molar-refractivity contribution in [1.82, 2.24) is 0 Å². The van der Waals surface area contributed by atoms with Gasteiger partial charge < -0.3 is 5.11 Å². The number of carbonyl (C=O) groups excluding carboxylic acids is 1. The van der Waals surface area contributed by atoms with Gasteiger partial charge in [0.25, 0.3) is 0 Å². The van der Waals surface area contributed by atoms with E-state index in [1.54, 1.807) is 0 Å². The molecule has 0 aliphatic heterocycles. The van der Waals surface area contributed by atoms with Crippen LogP contribution in [0, 0.1) is 6.08 Å². The molecule has 2 nitrogen and oxygen atoms in total. The Kier molecular flexibility index (Phi) is 2.06. The summed E-state index contributed by atoms with van der Waals surface area (Å²) in [6.07, 6.45) is 2.23. The zero-order valence-corrected chi connectivity index (χ0v) is 5.87. The molecule has 0 aliphatic carbocycles. The first-order valence-electron chi connectivity index (χ1n) is 3.10. The van der Waals surface area contributed by atoms with Crippen molar-refractivity contribution in [2.75, 3.05) is 0 Å².